The molecule has 9 heteroatoms. The van der Waals surface area contributed by atoms with Crippen LogP contribution in [0.15, 0.2) is 82.2 Å². The van der Waals surface area contributed by atoms with Gasteiger partial charge >= 0.3 is 0 Å². The van der Waals surface area contributed by atoms with Gasteiger partial charge in [0.1, 0.15) is 12.6 Å². The molecule has 4 rings (SSSR count). The normalized spacial score (nSPS) is 14.7. The maximum Gasteiger partial charge on any atom is 0.264 e. The van der Waals surface area contributed by atoms with E-state index in [1.165, 1.54) is 27.8 Å². The summed E-state index contributed by atoms with van der Waals surface area (Å²) in [5.74, 6) is -0.693. The Balaban J connectivity index is 1.70. The molecule has 0 aromatic heterocycles. The monoisotopic (exact) mass is 639 g/mol. The van der Waals surface area contributed by atoms with Crippen molar-refractivity contribution in [2.45, 2.75) is 76.4 Å². The number of anilines is 1. The maximum atomic E-state index is 14.2. The van der Waals surface area contributed by atoms with Crippen molar-refractivity contribution in [1.29, 1.82) is 0 Å². The van der Waals surface area contributed by atoms with E-state index in [1.54, 1.807) is 31.2 Å². The Labute approximate surface area is 252 Å². The molecule has 1 saturated carbocycles. The molecular weight excluding hydrogens is 602 g/mol. The number of rotatable bonds is 10. The lowest BCUT2D eigenvalue weighted by Crippen LogP contribution is -2.53. The van der Waals surface area contributed by atoms with E-state index in [9.17, 15) is 18.0 Å². The van der Waals surface area contributed by atoms with E-state index in [2.05, 4.69) is 21.2 Å². The highest BCUT2D eigenvalue weighted by Gasteiger charge is 2.33. The fourth-order valence-electron chi connectivity index (χ4n) is 5.20. The van der Waals surface area contributed by atoms with Crippen LogP contribution >= 0.6 is 15.9 Å². The van der Waals surface area contributed by atoms with Crippen LogP contribution in [0, 0.1) is 13.8 Å². The number of carbonyl (C=O) groups excluding carboxylic acids is 2. The molecule has 0 heterocycles. The van der Waals surface area contributed by atoms with Crippen molar-refractivity contribution in [2.24, 2.45) is 0 Å². The zero-order chi connectivity index (χ0) is 29.6. The van der Waals surface area contributed by atoms with E-state index in [4.69, 9.17) is 0 Å². The summed E-state index contributed by atoms with van der Waals surface area (Å²) in [5, 5.41) is 3.13. The van der Waals surface area contributed by atoms with Crippen molar-refractivity contribution in [2.75, 3.05) is 10.8 Å². The Hall–Kier alpha value is -3.17. The van der Waals surface area contributed by atoms with E-state index < -0.39 is 28.5 Å². The predicted molar refractivity (Wildman–Crippen MR) is 166 cm³/mol. The van der Waals surface area contributed by atoms with Crippen molar-refractivity contribution >= 4 is 43.5 Å². The quantitative estimate of drug-likeness (QED) is 0.289. The lowest BCUT2D eigenvalue weighted by Gasteiger charge is -2.33. The summed E-state index contributed by atoms with van der Waals surface area (Å²) < 4.78 is 30.0. The first kappa shape index (κ1) is 30.8. The Morgan fingerprint density at radius 1 is 0.951 bits per heavy atom. The minimum Gasteiger partial charge on any atom is -0.352 e. The van der Waals surface area contributed by atoms with Crippen LogP contribution in [0.2, 0.25) is 0 Å². The van der Waals surface area contributed by atoms with Gasteiger partial charge in [0, 0.05) is 17.1 Å². The van der Waals surface area contributed by atoms with Gasteiger partial charge in [0.05, 0.1) is 10.6 Å². The molecule has 1 aliphatic carbocycles. The Bertz CT molecular complexity index is 1470. The lowest BCUT2D eigenvalue weighted by molar-refractivity contribution is -0.139. The summed E-state index contributed by atoms with van der Waals surface area (Å²) in [6, 6.07) is 20.5. The molecule has 0 radical (unpaired) electrons. The van der Waals surface area contributed by atoms with Gasteiger partial charge < -0.3 is 10.2 Å². The van der Waals surface area contributed by atoms with Gasteiger partial charge in [-0.05, 0) is 80.6 Å². The lowest BCUT2D eigenvalue weighted by atomic mass is 9.95. The molecule has 0 saturated heterocycles. The van der Waals surface area contributed by atoms with Gasteiger partial charge in [0.25, 0.3) is 10.0 Å². The molecule has 1 fully saturated rings. The predicted octanol–water partition coefficient (Wildman–Crippen LogP) is 6.13. The number of sulfonamides is 1. The van der Waals surface area contributed by atoms with Crippen LogP contribution in [0.1, 0.15) is 55.7 Å². The van der Waals surface area contributed by atoms with Gasteiger partial charge in [0.2, 0.25) is 11.8 Å². The number of nitrogens with one attached hydrogen (secondary N) is 1. The number of benzene rings is 3. The van der Waals surface area contributed by atoms with Crippen LogP contribution in [0.4, 0.5) is 5.69 Å². The van der Waals surface area contributed by atoms with E-state index >= 15 is 0 Å². The molecule has 2 amide bonds. The van der Waals surface area contributed by atoms with E-state index in [-0.39, 0.29) is 23.4 Å². The molecule has 218 valence electrons. The van der Waals surface area contributed by atoms with Gasteiger partial charge in [-0.25, -0.2) is 8.42 Å². The van der Waals surface area contributed by atoms with Crippen LogP contribution in [0.5, 0.6) is 0 Å². The highest BCUT2D eigenvalue weighted by molar-refractivity contribution is 9.10. The van der Waals surface area contributed by atoms with Crippen molar-refractivity contribution in [1.82, 2.24) is 10.2 Å². The van der Waals surface area contributed by atoms with Crippen molar-refractivity contribution in [3.05, 3.63) is 94.0 Å². The van der Waals surface area contributed by atoms with Gasteiger partial charge in [-0.3, -0.25) is 13.9 Å². The zero-order valence-electron chi connectivity index (χ0n) is 23.8. The molecule has 0 spiro atoms. The molecule has 0 aliphatic heterocycles. The average Bonchev–Trinajstić information content (AvgIpc) is 2.96. The van der Waals surface area contributed by atoms with E-state index in [0.717, 1.165) is 46.8 Å². The first-order valence-corrected chi connectivity index (χ1v) is 16.3. The summed E-state index contributed by atoms with van der Waals surface area (Å²) in [4.78, 5) is 29.2. The molecule has 1 aliphatic rings. The first-order chi connectivity index (χ1) is 19.6. The molecule has 0 unspecified atom stereocenters. The third-order valence-corrected chi connectivity index (χ3v) is 9.87. The van der Waals surface area contributed by atoms with Crippen molar-refractivity contribution in [3.63, 3.8) is 0 Å². The molecule has 7 nitrogen and oxygen atoms in total. The summed E-state index contributed by atoms with van der Waals surface area (Å²) in [7, 11) is -4.09. The highest BCUT2D eigenvalue weighted by Crippen LogP contribution is 2.29. The van der Waals surface area contributed by atoms with Gasteiger partial charge in [-0.15, -0.1) is 0 Å². The van der Waals surface area contributed by atoms with E-state index in [1.807, 2.05) is 50.2 Å². The maximum absolute atomic E-state index is 14.2. The molecular formula is C32H38BrN3O4S. The fraction of sp³-hybridized carbons (Fsp3) is 0.375. The number of nitrogens with zero attached hydrogens (tertiary/aromatic N) is 2. The number of hydrogen-bond acceptors (Lipinski definition) is 4. The van der Waals surface area contributed by atoms with Crippen LogP contribution in [-0.2, 0) is 26.2 Å². The summed E-state index contributed by atoms with van der Waals surface area (Å²) in [6.45, 7) is 5.13. The third kappa shape index (κ3) is 7.77. The van der Waals surface area contributed by atoms with Crippen LogP contribution in [-0.4, -0.2) is 43.8 Å². The number of carbonyl (C=O) groups is 2. The minimum absolute atomic E-state index is 0.0893. The number of aryl methyl sites for hydroxylation is 2. The fourth-order valence-corrected chi connectivity index (χ4v) is 7.14. The largest absolute Gasteiger partial charge is 0.352 e. The Kier molecular flexibility index (Phi) is 10.3. The van der Waals surface area contributed by atoms with E-state index in [0.29, 0.717) is 5.69 Å². The van der Waals surface area contributed by atoms with Crippen LogP contribution in [0.3, 0.4) is 0 Å². The molecule has 41 heavy (non-hydrogen) atoms. The molecule has 3 aromatic carbocycles. The summed E-state index contributed by atoms with van der Waals surface area (Å²) >= 11 is 3.49. The van der Waals surface area contributed by atoms with Crippen molar-refractivity contribution in [3.8, 4) is 0 Å². The van der Waals surface area contributed by atoms with Gasteiger partial charge in [-0.2, -0.15) is 0 Å². The van der Waals surface area contributed by atoms with Crippen LogP contribution < -0.4 is 9.62 Å². The Morgan fingerprint density at radius 3 is 2.34 bits per heavy atom. The standard InChI is InChI=1S/C32H38BrN3O4S/c1-23-17-18-24(2)30(19-23)36(41(39,40)29-15-8-5-9-16-29)22-31(37)35(21-26-11-10-12-27(33)20-26)25(3)32(38)34-28-13-6-4-7-14-28/h5,8-12,15-20,25,28H,4,6-7,13-14,21-22H2,1-3H3,(H,34,38)/t25-/m0/s1. The highest BCUT2D eigenvalue weighted by atomic mass is 79.9. The second-order valence-corrected chi connectivity index (χ2v) is 13.6. The average molecular weight is 641 g/mol. The molecule has 3 aromatic rings. The molecule has 1 N–H and O–H groups in total. The SMILES string of the molecule is Cc1ccc(C)c(N(CC(=O)N(Cc2cccc(Br)c2)[C@@H](C)C(=O)NC2CCCCC2)S(=O)(=O)c2ccccc2)c1. The van der Waals surface area contributed by atoms with Gasteiger partial charge in [0.15, 0.2) is 0 Å². The number of halogens is 1. The Morgan fingerprint density at radius 2 is 1.66 bits per heavy atom. The first-order valence-electron chi connectivity index (χ1n) is 14.1. The topological polar surface area (TPSA) is 86.8 Å². The number of amides is 2. The second-order valence-electron chi connectivity index (χ2n) is 10.8. The number of hydrogen-bond donors (Lipinski definition) is 1. The summed E-state index contributed by atoms with van der Waals surface area (Å²) in [6.07, 6.45) is 5.16. The third-order valence-electron chi connectivity index (χ3n) is 7.60. The smallest absolute Gasteiger partial charge is 0.264 e. The second kappa shape index (κ2) is 13.7. The summed E-state index contributed by atoms with van der Waals surface area (Å²) in [5.41, 5.74) is 2.86. The minimum atomic E-state index is -4.09. The zero-order valence-corrected chi connectivity index (χ0v) is 26.2. The molecule has 1 atom stereocenters. The van der Waals surface area contributed by atoms with Crippen LogP contribution in [0.25, 0.3) is 0 Å². The van der Waals surface area contributed by atoms with Crippen molar-refractivity contribution < 1.29 is 18.0 Å². The molecule has 0 bridgehead atoms. The van der Waals surface area contributed by atoms with Gasteiger partial charge in [-0.1, -0.05) is 77.7 Å².